The first kappa shape index (κ1) is 31.7. The van der Waals surface area contributed by atoms with Crippen LogP contribution in [0.25, 0.3) is 98.4 Å². The SMILES string of the molecule is c1ccc(N(c2ccccc2)c2ccc(-c3cc(-c4ccc5c6ccccc6c6ccccc6c5c4)cc4c3oc3ccc5oc6ccccc6c5c34)cc2)cc1. The molecule has 0 saturated heterocycles. The number of benzene rings is 10. The summed E-state index contributed by atoms with van der Waals surface area (Å²) in [6, 6.07) is 71.4. The zero-order valence-corrected chi connectivity index (χ0v) is 30.8. The Kier molecular flexibility index (Phi) is 6.93. The number of hydrogen-bond donors (Lipinski definition) is 0. The highest BCUT2D eigenvalue weighted by molar-refractivity contribution is 6.28. The fourth-order valence-electron chi connectivity index (χ4n) is 9.04. The van der Waals surface area contributed by atoms with E-state index in [1.54, 1.807) is 0 Å². The molecule has 0 unspecified atom stereocenters. The van der Waals surface area contributed by atoms with Gasteiger partial charge in [-0.15, -0.1) is 0 Å². The molecule has 0 saturated carbocycles. The van der Waals surface area contributed by atoms with E-state index in [9.17, 15) is 0 Å². The standard InChI is InChI=1S/C54H33NO2/c1-3-13-37(14-4-1)55(38-15-5-2-6-16-38)39-26-23-34(24-27-39)46-32-36(33-48-53-51(57-54(46)48)30-29-50-52(53)45-21-11-12-22-49(45)56-50)35-25-28-44-42-19-8-7-17-40(42)41-18-9-10-20-43(41)47(44)31-35/h1-33H. The Bertz CT molecular complexity index is 3430. The largest absolute Gasteiger partial charge is 0.456 e. The van der Waals surface area contributed by atoms with E-state index in [2.05, 4.69) is 187 Å². The van der Waals surface area contributed by atoms with Crippen LogP contribution in [0.1, 0.15) is 0 Å². The lowest BCUT2D eigenvalue weighted by atomic mass is 9.90. The summed E-state index contributed by atoms with van der Waals surface area (Å²) in [5.41, 5.74) is 11.1. The van der Waals surface area contributed by atoms with Gasteiger partial charge in [-0.05, 0) is 122 Å². The molecule has 2 heterocycles. The Labute approximate surface area is 328 Å². The number of furan rings is 2. The summed E-state index contributed by atoms with van der Waals surface area (Å²) >= 11 is 0. The molecule has 0 aliphatic rings. The molecule has 0 fully saturated rings. The first-order valence-electron chi connectivity index (χ1n) is 19.4. The van der Waals surface area contributed by atoms with Crippen molar-refractivity contribution in [2.75, 3.05) is 4.90 Å². The second-order valence-corrected chi connectivity index (χ2v) is 14.8. The Balaban J connectivity index is 1.11. The van der Waals surface area contributed by atoms with Crippen LogP contribution >= 0.6 is 0 Å². The number of para-hydroxylation sites is 3. The smallest absolute Gasteiger partial charge is 0.143 e. The van der Waals surface area contributed by atoms with Gasteiger partial charge in [-0.25, -0.2) is 0 Å². The minimum Gasteiger partial charge on any atom is -0.456 e. The van der Waals surface area contributed by atoms with E-state index in [4.69, 9.17) is 8.83 Å². The van der Waals surface area contributed by atoms with Gasteiger partial charge in [-0.1, -0.05) is 127 Å². The normalized spacial score (nSPS) is 11.9. The summed E-state index contributed by atoms with van der Waals surface area (Å²) in [4.78, 5) is 2.29. The molecule has 0 atom stereocenters. The van der Waals surface area contributed by atoms with Gasteiger partial charge >= 0.3 is 0 Å². The van der Waals surface area contributed by atoms with Crippen LogP contribution in [0.2, 0.25) is 0 Å². The second-order valence-electron chi connectivity index (χ2n) is 14.8. The lowest BCUT2D eigenvalue weighted by Gasteiger charge is -2.25. The molecule has 3 heteroatoms. The van der Waals surface area contributed by atoms with Gasteiger partial charge in [0.05, 0.1) is 0 Å². The van der Waals surface area contributed by atoms with Crippen molar-refractivity contribution in [1.82, 2.24) is 0 Å². The number of hydrogen-bond acceptors (Lipinski definition) is 3. The van der Waals surface area contributed by atoms with Crippen LogP contribution in [-0.2, 0) is 0 Å². The van der Waals surface area contributed by atoms with E-state index in [1.807, 2.05) is 18.2 Å². The molecule has 12 rings (SSSR count). The van der Waals surface area contributed by atoms with Gasteiger partial charge in [-0.2, -0.15) is 0 Å². The zero-order chi connectivity index (χ0) is 37.5. The summed E-state index contributed by atoms with van der Waals surface area (Å²) < 4.78 is 13.3. The van der Waals surface area contributed by atoms with E-state index in [-0.39, 0.29) is 0 Å². The van der Waals surface area contributed by atoms with Crippen LogP contribution in [0, 0.1) is 0 Å². The van der Waals surface area contributed by atoms with Crippen LogP contribution in [0.5, 0.6) is 0 Å². The van der Waals surface area contributed by atoms with Crippen LogP contribution in [0.4, 0.5) is 17.1 Å². The van der Waals surface area contributed by atoms with Crippen molar-refractivity contribution in [3.63, 3.8) is 0 Å². The molecule has 10 aromatic carbocycles. The monoisotopic (exact) mass is 727 g/mol. The minimum atomic E-state index is 0.842. The highest BCUT2D eigenvalue weighted by Crippen LogP contribution is 2.46. The topological polar surface area (TPSA) is 29.5 Å². The summed E-state index contributed by atoms with van der Waals surface area (Å²) in [7, 11) is 0. The van der Waals surface area contributed by atoms with Gasteiger partial charge in [0.2, 0.25) is 0 Å². The average molecular weight is 728 g/mol. The van der Waals surface area contributed by atoms with E-state index in [0.717, 1.165) is 83.2 Å². The first-order valence-corrected chi connectivity index (χ1v) is 19.4. The van der Waals surface area contributed by atoms with Crippen LogP contribution in [-0.4, -0.2) is 0 Å². The maximum atomic E-state index is 6.90. The molecule has 0 amide bonds. The fraction of sp³-hybridized carbons (Fsp3) is 0. The highest BCUT2D eigenvalue weighted by Gasteiger charge is 2.21. The van der Waals surface area contributed by atoms with E-state index < -0.39 is 0 Å². The van der Waals surface area contributed by atoms with Crippen molar-refractivity contribution in [1.29, 1.82) is 0 Å². The van der Waals surface area contributed by atoms with Gasteiger partial charge < -0.3 is 13.7 Å². The van der Waals surface area contributed by atoms with Crippen LogP contribution in [0.15, 0.2) is 209 Å². The maximum Gasteiger partial charge on any atom is 0.143 e. The highest BCUT2D eigenvalue weighted by atomic mass is 16.3. The third-order valence-corrected chi connectivity index (χ3v) is 11.6. The van der Waals surface area contributed by atoms with Gasteiger partial charge in [0.25, 0.3) is 0 Å². The maximum absolute atomic E-state index is 6.90. The van der Waals surface area contributed by atoms with Crippen molar-refractivity contribution in [2.45, 2.75) is 0 Å². The van der Waals surface area contributed by atoms with Gasteiger partial charge in [0.15, 0.2) is 0 Å². The van der Waals surface area contributed by atoms with Crippen LogP contribution < -0.4 is 4.90 Å². The molecule has 0 bridgehead atoms. The molecule has 266 valence electrons. The quantitative estimate of drug-likeness (QED) is 0.165. The van der Waals surface area contributed by atoms with Gasteiger partial charge in [0.1, 0.15) is 22.3 Å². The summed E-state index contributed by atoms with van der Waals surface area (Å²) in [6.07, 6.45) is 0. The van der Waals surface area contributed by atoms with Crippen molar-refractivity contribution < 1.29 is 8.83 Å². The summed E-state index contributed by atoms with van der Waals surface area (Å²) in [5, 5.41) is 11.9. The summed E-state index contributed by atoms with van der Waals surface area (Å²) in [6.45, 7) is 0. The molecule has 57 heavy (non-hydrogen) atoms. The summed E-state index contributed by atoms with van der Waals surface area (Å²) in [5.74, 6) is 0. The average Bonchev–Trinajstić information content (AvgIpc) is 3.85. The predicted molar refractivity (Wildman–Crippen MR) is 239 cm³/mol. The number of nitrogens with zero attached hydrogens (tertiary/aromatic N) is 1. The first-order chi connectivity index (χ1) is 28.3. The molecule has 2 aromatic heterocycles. The third-order valence-electron chi connectivity index (χ3n) is 11.6. The lowest BCUT2D eigenvalue weighted by molar-refractivity contribution is 0.663. The molecule has 12 aromatic rings. The Morgan fingerprint density at radius 3 is 1.40 bits per heavy atom. The number of fused-ring (bicyclic) bond motifs is 13. The van der Waals surface area contributed by atoms with Gasteiger partial charge in [-0.3, -0.25) is 0 Å². The molecule has 0 radical (unpaired) electrons. The molecule has 0 N–H and O–H groups in total. The molecule has 3 nitrogen and oxygen atoms in total. The van der Waals surface area contributed by atoms with E-state index in [1.165, 1.54) is 32.3 Å². The fourth-order valence-corrected chi connectivity index (χ4v) is 9.04. The van der Waals surface area contributed by atoms with Crippen molar-refractivity contribution in [3.05, 3.63) is 200 Å². The number of rotatable bonds is 5. The minimum absolute atomic E-state index is 0.842. The zero-order valence-electron chi connectivity index (χ0n) is 30.8. The van der Waals surface area contributed by atoms with Crippen LogP contribution in [0.3, 0.4) is 0 Å². The molecular formula is C54H33NO2. The second kappa shape index (κ2) is 12.5. The van der Waals surface area contributed by atoms with Crippen molar-refractivity contribution in [3.8, 4) is 22.3 Å². The molecule has 0 spiro atoms. The van der Waals surface area contributed by atoms with Crippen molar-refractivity contribution >= 4 is 93.3 Å². The Hall–Kier alpha value is -7.62. The molecule has 0 aliphatic carbocycles. The molecular weight excluding hydrogens is 695 g/mol. The third kappa shape index (κ3) is 4.92. The molecule has 0 aliphatic heterocycles. The Morgan fingerprint density at radius 1 is 0.281 bits per heavy atom. The van der Waals surface area contributed by atoms with Crippen molar-refractivity contribution in [2.24, 2.45) is 0 Å². The Morgan fingerprint density at radius 2 is 0.754 bits per heavy atom. The van der Waals surface area contributed by atoms with E-state index in [0.29, 0.717) is 0 Å². The number of anilines is 3. The predicted octanol–water partition coefficient (Wildman–Crippen LogP) is 15.7. The van der Waals surface area contributed by atoms with E-state index >= 15 is 0 Å². The van der Waals surface area contributed by atoms with Gasteiger partial charge in [0, 0.05) is 44.2 Å². The lowest BCUT2D eigenvalue weighted by Crippen LogP contribution is -2.09.